The van der Waals surface area contributed by atoms with Crippen LogP contribution in [0.25, 0.3) is 0 Å². The van der Waals surface area contributed by atoms with Gasteiger partial charge in [0.1, 0.15) is 5.03 Å². The zero-order valence-electron chi connectivity index (χ0n) is 7.86. The molecule has 0 atom stereocenters. The average molecular weight is 254 g/mol. The molecule has 0 aliphatic rings. The minimum absolute atomic E-state index is 0.0773. The molecule has 16 heavy (non-hydrogen) atoms. The highest BCUT2D eigenvalue weighted by atomic mass is 32.2. The standard InChI is InChI=1S/C8H6N4O2S2/c9-7-5(12(13)14)1-2-6(11-7)16-8-10-3-4-15-8/h1-4H,(H2,9,11). The Morgan fingerprint density at radius 3 is 2.88 bits per heavy atom. The summed E-state index contributed by atoms with van der Waals surface area (Å²) in [6, 6.07) is 2.90. The molecule has 2 N–H and O–H groups in total. The van der Waals surface area contributed by atoms with E-state index >= 15 is 0 Å². The van der Waals surface area contributed by atoms with Gasteiger partial charge in [-0.15, -0.1) is 11.3 Å². The summed E-state index contributed by atoms with van der Waals surface area (Å²) in [6.45, 7) is 0. The Morgan fingerprint density at radius 1 is 1.50 bits per heavy atom. The van der Waals surface area contributed by atoms with E-state index < -0.39 is 4.92 Å². The number of nitro groups is 1. The quantitative estimate of drug-likeness (QED) is 0.666. The first-order valence-corrected chi connectivity index (χ1v) is 5.84. The van der Waals surface area contributed by atoms with Crippen LogP contribution in [-0.4, -0.2) is 14.9 Å². The van der Waals surface area contributed by atoms with Crippen LogP contribution in [0.15, 0.2) is 33.1 Å². The molecule has 8 heteroatoms. The summed E-state index contributed by atoms with van der Waals surface area (Å²) in [5.41, 5.74) is 5.29. The van der Waals surface area contributed by atoms with Crippen molar-refractivity contribution in [3.8, 4) is 0 Å². The fourth-order valence-electron chi connectivity index (χ4n) is 1.01. The second kappa shape index (κ2) is 4.45. The Balaban J connectivity index is 2.24. The molecule has 0 radical (unpaired) electrons. The van der Waals surface area contributed by atoms with E-state index in [9.17, 15) is 10.1 Å². The second-order valence-electron chi connectivity index (χ2n) is 2.71. The Labute approximate surface area is 98.7 Å². The molecule has 2 heterocycles. The highest BCUT2D eigenvalue weighted by molar-refractivity contribution is 8.00. The average Bonchev–Trinajstić information content (AvgIpc) is 2.70. The van der Waals surface area contributed by atoms with Gasteiger partial charge < -0.3 is 5.73 Å². The number of nitrogens with zero attached hydrogens (tertiary/aromatic N) is 3. The Morgan fingerprint density at radius 2 is 2.31 bits per heavy atom. The van der Waals surface area contributed by atoms with Gasteiger partial charge in [0.15, 0.2) is 4.34 Å². The van der Waals surface area contributed by atoms with Crippen LogP contribution >= 0.6 is 23.1 Å². The lowest BCUT2D eigenvalue weighted by Crippen LogP contribution is -1.98. The van der Waals surface area contributed by atoms with Crippen molar-refractivity contribution in [3.63, 3.8) is 0 Å². The highest BCUT2D eigenvalue weighted by Gasteiger charge is 2.13. The normalized spacial score (nSPS) is 10.2. The lowest BCUT2D eigenvalue weighted by Gasteiger charge is -1.99. The molecule has 0 aliphatic heterocycles. The molecule has 0 unspecified atom stereocenters. The molecule has 2 aromatic heterocycles. The van der Waals surface area contributed by atoms with Crippen LogP contribution in [0.4, 0.5) is 11.5 Å². The lowest BCUT2D eigenvalue weighted by atomic mass is 10.4. The second-order valence-corrected chi connectivity index (χ2v) is 4.87. The molecule has 0 saturated carbocycles. The van der Waals surface area contributed by atoms with E-state index in [4.69, 9.17) is 5.73 Å². The molecule has 0 amide bonds. The molecule has 0 aliphatic carbocycles. The first kappa shape index (κ1) is 10.8. The minimum atomic E-state index is -0.555. The number of nitrogen functional groups attached to an aromatic ring is 1. The van der Waals surface area contributed by atoms with E-state index in [2.05, 4.69) is 9.97 Å². The number of aromatic nitrogens is 2. The lowest BCUT2D eigenvalue weighted by molar-refractivity contribution is -0.384. The molecule has 2 rings (SSSR count). The topological polar surface area (TPSA) is 94.9 Å². The molecule has 0 saturated heterocycles. The monoisotopic (exact) mass is 254 g/mol. The van der Waals surface area contributed by atoms with Gasteiger partial charge in [-0.2, -0.15) is 0 Å². The molecule has 2 aromatic rings. The van der Waals surface area contributed by atoms with Gasteiger partial charge in [-0.1, -0.05) is 0 Å². The van der Waals surface area contributed by atoms with E-state index in [0.717, 1.165) is 4.34 Å². The zero-order chi connectivity index (χ0) is 11.5. The van der Waals surface area contributed by atoms with Crippen molar-refractivity contribution in [1.29, 1.82) is 0 Å². The molecular weight excluding hydrogens is 248 g/mol. The first-order valence-electron chi connectivity index (χ1n) is 4.15. The number of hydrogen-bond acceptors (Lipinski definition) is 7. The van der Waals surface area contributed by atoms with E-state index in [1.54, 1.807) is 12.3 Å². The third-order valence-corrected chi connectivity index (χ3v) is 3.50. The summed E-state index contributed by atoms with van der Waals surface area (Å²) in [4.78, 5) is 18.0. The maximum absolute atomic E-state index is 10.5. The van der Waals surface area contributed by atoms with Crippen molar-refractivity contribution in [2.45, 2.75) is 9.37 Å². The molecule has 0 aromatic carbocycles. The number of thiazole rings is 1. The summed E-state index contributed by atoms with van der Waals surface area (Å²) >= 11 is 2.79. The van der Waals surface area contributed by atoms with Crippen molar-refractivity contribution >= 4 is 34.6 Å². The molecule has 6 nitrogen and oxygen atoms in total. The molecule has 0 bridgehead atoms. The van der Waals surface area contributed by atoms with Crippen molar-refractivity contribution in [1.82, 2.24) is 9.97 Å². The van der Waals surface area contributed by atoms with Crippen LogP contribution in [0.5, 0.6) is 0 Å². The maximum atomic E-state index is 10.5. The summed E-state index contributed by atoms with van der Waals surface area (Å²) in [5, 5.41) is 13.0. The number of anilines is 1. The fraction of sp³-hybridized carbons (Fsp3) is 0. The Bertz CT molecular complexity index is 515. The van der Waals surface area contributed by atoms with E-state index in [1.807, 2.05) is 5.38 Å². The number of hydrogen-bond donors (Lipinski definition) is 1. The highest BCUT2D eigenvalue weighted by Crippen LogP contribution is 2.30. The van der Waals surface area contributed by atoms with Gasteiger partial charge in [-0.25, -0.2) is 9.97 Å². The van der Waals surface area contributed by atoms with Crippen LogP contribution in [0, 0.1) is 10.1 Å². The van der Waals surface area contributed by atoms with E-state index in [-0.39, 0.29) is 11.5 Å². The summed E-state index contributed by atoms with van der Waals surface area (Å²) in [7, 11) is 0. The van der Waals surface area contributed by atoms with Crippen molar-refractivity contribution < 1.29 is 4.92 Å². The summed E-state index contributed by atoms with van der Waals surface area (Å²) in [5.74, 6) is -0.0773. The number of pyridine rings is 1. The van der Waals surface area contributed by atoms with Crippen LogP contribution in [0.2, 0.25) is 0 Å². The Kier molecular flexibility index (Phi) is 3.02. The van der Waals surface area contributed by atoms with E-state index in [1.165, 1.54) is 29.2 Å². The van der Waals surface area contributed by atoms with Gasteiger partial charge in [-0.05, 0) is 17.8 Å². The van der Waals surface area contributed by atoms with Gasteiger partial charge >= 0.3 is 5.69 Å². The van der Waals surface area contributed by atoms with Crippen LogP contribution in [0.1, 0.15) is 0 Å². The molecule has 0 spiro atoms. The largest absolute Gasteiger partial charge is 0.378 e. The van der Waals surface area contributed by atoms with Gasteiger partial charge in [0.05, 0.1) is 4.92 Å². The number of rotatable bonds is 3. The first-order chi connectivity index (χ1) is 7.66. The predicted octanol–water partition coefficient (Wildman–Crippen LogP) is 2.18. The van der Waals surface area contributed by atoms with Crippen molar-refractivity contribution in [2.75, 3.05) is 5.73 Å². The zero-order valence-corrected chi connectivity index (χ0v) is 9.49. The minimum Gasteiger partial charge on any atom is -0.378 e. The van der Waals surface area contributed by atoms with E-state index in [0.29, 0.717) is 5.03 Å². The van der Waals surface area contributed by atoms with Crippen molar-refractivity contribution in [3.05, 3.63) is 33.8 Å². The van der Waals surface area contributed by atoms with Gasteiger partial charge in [0.2, 0.25) is 5.82 Å². The molecule has 82 valence electrons. The third-order valence-electron chi connectivity index (χ3n) is 1.68. The molecule has 0 fully saturated rings. The third kappa shape index (κ3) is 2.28. The fourth-order valence-corrected chi connectivity index (χ4v) is 2.56. The Hall–Kier alpha value is -1.67. The predicted molar refractivity (Wildman–Crippen MR) is 61.5 cm³/mol. The van der Waals surface area contributed by atoms with Crippen LogP contribution in [-0.2, 0) is 0 Å². The van der Waals surface area contributed by atoms with Gasteiger partial charge in [0, 0.05) is 17.6 Å². The van der Waals surface area contributed by atoms with Crippen LogP contribution < -0.4 is 5.73 Å². The smallest absolute Gasteiger partial charge is 0.311 e. The van der Waals surface area contributed by atoms with Gasteiger partial charge in [-0.3, -0.25) is 10.1 Å². The maximum Gasteiger partial charge on any atom is 0.311 e. The number of nitrogens with two attached hydrogens (primary N) is 1. The summed E-state index contributed by atoms with van der Waals surface area (Å²) < 4.78 is 0.820. The van der Waals surface area contributed by atoms with Gasteiger partial charge in [0.25, 0.3) is 0 Å². The molecular formula is C8H6N4O2S2. The SMILES string of the molecule is Nc1nc(Sc2nccs2)ccc1[N+](=O)[O-]. The van der Waals surface area contributed by atoms with Crippen LogP contribution in [0.3, 0.4) is 0 Å². The van der Waals surface area contributed by atoms with Crippen molar-refractivity contribution in [2.24, 2.45) is 0 Å². The summed E-state index contributed by atoms with van der Waals surface area (Å²) in [6.07, 6.45) is 1.68.